The standard InChI is InChI=1S/C28H26F2N2O5.C27H27F2NO6.C19H23NO5.CO2/c1-17-11-12-36-24-15-31-14-21(23(33)10-8-19-7-9-20(29)13-22(19)30)26(34)27(25(31)28(35)32(17)24)37-16-18-5-3-2-4-6-18;1-17(34-2)14-30-15-21(23(31)12-10-19-9-11-20(28)13-22(19)29)25(32)26(24(30)27(33)35-3)36-16-18-7-5-4-6-8-18;1-13-10-20(11-14(2)23-3)16(19(22)24-4)18(17(13)21)25-12-15-8-6-5-7-9-15;2-1-3/h2-7,9,13-14,17,24H,8,10-12,15-16H2,1H3;4-9,11,13,15,17H,10,12,14,16H2,1-3H3;5-10,14H,11-12H2,1-4H3;/t17-,24+;;;/m1.../s1. The first-order chi connectivity index (χ1) is 48.5. The Morgan fingerprint density at radius 3 is 1.40 bits per heavy atom. The number of ketones is 2. The third-order valence-electron chi connectivity index (χ3n) is 16.3. The van der Waals surface area contributed by atoms with Crippen LogP contribution >= 0.6 is 0 Å². The van der Waals surface area contributed by atoms with E-state index < -0.39 is 69.8 Å². The van der Waals surface area contributed by atoms with Crippen molar-refractivity contribution in [3.05, 3.63) is 262 Å². The molecule has 532 valence electrons. The fourth-order valence-corrected chi connectivity index (χ4v) is 10.9. The molecule has 22 nitrogen and oxygen atoms in total. The number of aromatic nitrogens is 3. The van der Waals surface area contributed by atoms with Crippen molar-refractivity contribution in [3.63, 3.8) is 0 Å². The molecule has 2 aliphatic heterocycles. The molecule has 2 unspecified atom stereocenters. The zero-order valence-electron chi connectivity index (χ0n) is 56.8. The highest BCUT2D eigenvalue weighted by atomic mass is 19.1. The summed E-state index contributed by atoms with van der Waals surface area (Å²) < 4.78 is 103. The van der Waals surface area contributed by atoms with E-state index in [9.17, 15) is 55.9 Å². The second-order valence-electron chi connectivity index (χ2n) is 23.4. The molecule has 10 rings (SSSR count). The largest absolute Gasteiger partial charge is 0.483 e. The first-order valence-electron chi connectivity index (χ1n) is 31.9. The van der Waals surface area contributed by atoms with E-state index in [0.717, 1.165) is 41.0 Å². The number of fused-ring (bicyclic) bond motifs is 2. The zero-order chi connectivity index (χ0) is 73.4. The third kappa shape index (κ3) is 20.4. The summed E-state index contributed by atoms with van der Waals surface area (Å²) in [5.74, 6) is -6.42. The average molecular weight is 1400 g/mol. The number of ether oxygens (including phenoxy) is 8. The maximum Gasteiger partial charge on any atom is 0.373 e. The van der Waals surface area contributed by atoms with Crippen molar-refractivity contribution in [2.45, 2.75) is 124 Å². The maximum atomic E-state index is 14.1. The Morgan fingerprint density at radius 2 is 0.970 bits per heavy atom. The van der Waals surface area contributed by atoms with Crippen LogP contribution in [0.15, 0.2) is 160 Å². The van der Waals surface area contributed by atoms with Gasteiger partial charge in [-0.2, -0.15) is 9.59 Å². The number of halogens is 4. The van der Waals surface area contributed by atoms with E-state index in [-0.39, 0.29) is 145 Å². The molecular weight excluding hydrogens is 1320 g/mol. The Balaban J connectivity index is 0.000000212. The van der Waals surface area contributed by atoms with Crippen LogP contribution in [0.3, 0.4) is 0 Å². The SMILES string of the molecule is COC(=O)c1c(OCc2ccccc2)c(=O)c(C(=O)CCc2ccc(F)cc2F)cn1CC(C)OC.COC(=O)c1c(OCc2ccccc2)c(=O)c(C)cn1CC(C)OC.C[C@@H]1CCO[C@H]2Cn3cc(C(=O)CCc4ccc(F)cc4F)c(=O)c(OCc4ccccc4)c3C(=O)N12.O=C=O. The molecule has 0 spiro atoms. The second kappa shape index (κ2) is 37.3. The number of aryl methyl sites for hydroxylation is 3. The highest BCUT2D eigenvalue weighted by Gasteiger charge is 2.42. The third-order valence-corrected chi connectivity index (χ3v) is 16.3. The van der Waals surface area contributed by atoms with Crippen LogP contribution in [-0.4, -0.2) is 114 Å². The predicted molar refractivity (Wildman–Crippen MR) is 358 cm³/mol. The smallest absolute Gasteiger partial charge is 0.373 e. The Labute approximate surface area is 578 Å². The quantitative estimate of drug-likeness (QED) is 0.0292. The van der Waals surface area contributed by atoms with Crippen molar-refractivity contribution < 1.29 is 89.0 Å². The molecule has 0 N–H and O–H groups in total. The first kappa shape index (κ1) is 77.4. The summed E-state index contributed by atoms with van der Waals surface area (Å²) in [5, 5.41) is 0. The van der Waals surface area contributed by atoms with Gasteiger partial charge in [0.2, 0.25) is 16.3 Å². The number of hydrogen-bond donors (Lipinski definition) is 0. The summed E-state index contributed by atoms with van der Waals surface area (Å²) in [4.78, 5) is 122. The number of nitrogens with zero attached hydrogens (tertiary/aromatic N) is 4. The van der Waals surface area contributed by atoms with Crippen LogP contribution in [0.5, 0.6) is 17.2 Å². The van der Waals surface area contributed by atoms with Gasteiger partial charge in [0.15, 0.2) is 52.1 Å². The van der Waals surface area contributed by atoms with Gasteiger partial charge in [-0.05, 0) is 86.9 Å². The molecule has 8 aromatic rings. The zero-order valence-corrected chi connectivity index (χ0v) is 56.8. The summed E-state index contributed by atoms with van der Waals surface area (Å²) in [5.41, 5.74) is 1.09. The fourth-order valence-electron chi connectivity index (χ4n) is 10.9. The summed E-state index contributed by atoms with van der Waals surface area (Å²) in [6.45, 7) is 8.68. The van der Waals surface area contributed by atoms with Crippen molar-refractivity contribution in [2.24, 2.45) is 0 Å². The van der Waals surface area contributed by atoms with E-state index in [4.69, 9.17) is 47.5 Å². The van der Waals surface area contributed by atoms with Gasteiger partial charge in [0.05, 0.1) is 50.7 Å². The summed E-state index contributed by atoms with van der Waals surface area (Å²) in [6, 6.07) is 33.8. The van der Waals surface area contributed by atoms with Crippen molar-refractivity contribution in [1.82, 2.24) is 18.6 Å². The van der Waals surface area contributed by atoms with Gasteiger partial charge in [-0.25, -0.2) is 27.2 Å². The van der Waals surface area contributed by atoms with Crippen LogP contribution < -0.4 is 30.5 Å². The lowest BCUT2D eigenvalue weighted by Gasteiger charge is -2.44. The molecular formula is C75H76F4N4O18. The number of benzene rings is 5. The molecule has 2 aliphatic rings. The molecule has 0 saturated carbocycles. The van der Waals surface area contributed by atoms with Gasteiger partial charge < -0.3 is 56.5 Å². The number of carbonyl (C=O) groups excluding carboxylic acids is 7. The summed E-state index contributed by atoms with van der Waals surface area (Å²) in [6.07, 6.45) is 3.69. The van der Waals surface area contributed by atoms with Crippen LogP contribution in [0, 0.1) is 30.2 Å². The number of pyridine rings is 3. The number of esters is 2. The minimum Gasteiger partial charge on any atom is -0.483 e. The van der Waals surface area contributed by atoms with Crippen molar-refractivity contribution in [2.75, 3.05) is 35.0 Å². The van der Waals surface area contributed by atoms with Crippen LogP contribution in [0.25, 0.3) is 0 Å². The number of rotatable bonds is 25. The van der Waals surface area contributed by atoms with Crippen molar-refractivity contribution in [3.8, 4) is 17.2 Å². The van der Waals surface area contributed by atoms with E-state index in [1.807, 2.05) is 80.6 Å². The number of carbonyl (C=O) groups is 5. The normalized spacial score (nSPS) is 14.1. The lowest BCUT2D eigenvalue weighted by molar-refractivity contribution is -0.191. The monoisotopic (exact) mass is 1400 g/mol. The van der Waals surface area contributed by atoms with E-state index in [2.05, 4.69) is 0 Å². The predicted octanol–water partition coefficient (Wildman–Crippen LogP) is 10.4. The molecule has 5 heterocycles. The minimum atomic E-state index is -0.814. The van der Waals surface area contributed by atoms with Crippen LogP contribution in [0.4, 0.5) is 17.6 Å². The minimum absolute atomic E-state index is 0.000920. The number of hydrogen-bond acceptors (Lipinski definition) is 18. The number of methoxy groups -OCH3 is 4. The Morgan fingerprint density at radius 1 is 0.564 bits per heavy atom. The molecule has 101 heavy (non-hydrogen) atoms. The van der Waals surface area contributed by atoms with Gasteiger partial charge in [-0.3, -0.25) is 28.8 Å². The molecule has 4 atom stereocenters. The molecule has 0 bridgehead atoms. The molecule has 0 aliphatic carbocycles. The van der Waals surface area contributed by atoms with Gasteiger partial charge >= 0.3 is 18.1 Å². The van der Waals surface area contributed by atoms with Gasteiger partial charge in [0.25, 0.3) is 5.91 Å². The van der Waals surface area contributed by atoms with Crippen LogP contribution in [0.2, 0.25) is 0 Å². The summed E-state index contributed by atoms with van der Waals surface area (Å²) in [7, 11) is 5.53. The summed E-state index contributed by atoms with van der Waals surface area (Å²) >= 11 is 0. The van der Waals surface area contributed by atoms with E-state index in [1.165, 1.54) is 50.4 Å². The molecule has 3 aromatic heterocycles. The molecule has 0 radical (unpaired) electrons. The highest BCUT2D eigenvalue weighted by molar-refractivity contribution is 6.00. The average Bonchev–Trinajstić information content (AvgIpc) is 0.749. The van der Waals surface area contributed by atoms with Gasteiger partial charge in [-0.1, -0.05) is 103 Å². The molecule has 26 heteroatoms. The number of amides is 1. The van der Waals surface area contributed by atoms with Crippen molar-refractivity contribution in [1.29, 1.82) is 0 Å². The van der Waals surface area contributed by atoms with E-state index in [0.29, 0.717) is 25.1 Å². The fraction of sp³-hybridized carbons (Fsp3) is 0.320. The maximum absolute atomic E-state index is 14.1. The van der Waals surface area contributed by atoms with E-state index in [1.54, 1.807) is 65.5 Å². The Hall–Kier alpha value is -10.9. The lowest BCUT2D eigenvalue weighted by atomic mass is 10.0. The highest BCUT2D eigenvalue weighted by Crippen LogP contribution is 2.31. The van der Waals surface area contributed by atoms with Crippen LogP contribution in [-0.2, 0) is 85.6 Å². The topological polar surface area (TPSA) is 263 Å². The Bertz CT molecular complexity index is 4450. The second-order valence-corrected chi connectivity index (χ2v) is 23.4. The molecule has 5 aromatic carbocycles. The van der Waals surface area contributed by atoms with Gasteiger partial charge in [0, 0.05) is 82.5 Å². The van der Waals surface area contributed by atoms with E-state index >= 15 is 0 Å². The molecule has 1 amide bonds. The van der Waals surface area contributed by atoms with Crippen LogP contribution in [0.1, 0.15) is 126 Å². The Kier molecular flexibility index (Phi) is 28.6. The molecule has 1 fully saturated rings. The number of Topliss-reactive ketones (excluding diaryl/α,β-unsaturated/α-hetero) is 2. The first-order valence-corrected chi connectivity index (χ1v) is 31.9. The van der Waals surface area contributed by atoms with Gasteiger partial charge in [-0.15, -0.1) is 0 Å². The van der Waals surface area contributed by atoms with Gasteiger partial charge in [0.1, 0.15) is 43.1 Å². The van der Waals surface area contributed by atoms with Crippen molar-refractivity contribution >= 4 is 35.6 Å². The molecule has 1 saturated heterocycles. The lowest BCUT2D eigenvalue weighted by Crippen LogP contribution is -2.57.